The van der Waals surface area contributed by atoms with Gasteiger partial charge < -0.3 is 5.11 Å². The van der Waals surface area contributed by atoms with Gasteiger partial charge in [0.1, 0.15) is 0 Å². The number of hydrogen-bond acceptors (Lipinski definition) is 3. The van der Waals surface area contributed by atoms with Gasteiger partial charge in [-0.2, -0.15) is 0 Å². The Bertz CT molecular complexity index is 315. The molecule has 0 amide bonds. The first-order valence-electron chi connectivity index (χ1n) is 5.88. The molecule has 2 nitrogen and oxygen atoms in total. The van der Waals surface area contributed by atoms with Crippen LogP contribution in [0.5, 0.6) is 0 Å². The fourth-order valence-electron chi connectivity index (χ4n) is 2.31. The Hall–Kier alpha value is -0.410. The smallest absolute Gasteiger partial charge is 0.0961 e. The van der Waals surface area contributed by atoms with Gasteiger partial charge in [-0.1, -0.05) is 19.3 Å². The second-order valence-electron chi connectivity index (χ2n) is 4.36. The average Bonchev–Trinajstić information content (AvgIpc) is 2.63. The standard InChI is InChI=1S/C12H19NOS/c1-9-11(7-8-14)13-12(15-9)10-5-3-2-4-6-10/h10,14H,2-8H2,1H3. The summed E-state index contributed by atoms with van der Waals surface area (Å²) in [6.07, 6.45) is 7.45. The maximum absolute atomic E-state index is 8.93. The molecular weight excluding hydrogens is 206 g/mol. The van der Waals surface area contributed by atoms with Crippen molar-refractivity contribution in [2.75, 3.05) is 6.61 Å². The fourth-order valence-corrected chi connectivity index (χ4v) is 3.45. The average molecular weight is 225 g/mol. The highest BCUT2D eigenvalue weighted by molar-refractivity contribution is 7.11. The predicted octanol–water partition coefficient (Wildman–Crippen LogP) is 3.03. The normalized spacial score (nSPS) is 18.3. The van der Waals surface area contributed by atoms with Crippen LogP contribution in [0.1, 0.15) is 53.6 Å². The summed E-state index contributed by atoms with van der Waals surface area (Å²) in [5.74, 6) is 0.704. The Kier molecular flexibility index (Phi) is 3.76. The Morgan fingerprint density at radius 1 is 1.33 bits per heavy atom. The molecular formula is C12H19NOS. The molecule has 1 aromatic rings. The van der Waals surface area contributed by atoms with Crippen molar-refractivity contribution in [2.45, 2.75) is 51.4 Å². The lowest BCUT2D eigenvalue weighted by atomic mass is 9.90. The van der Waals surface area contributed by atoms with Crippen molar-refractivity contribution >= 4 is 11.3 Å². The summed E-state index contributed by atoms with van der Waals surface area (Å²) >= 11 is 1.84. The lowest BCUT2D eigenvalue weighted by Crippen LogP contribution is -2.04. The van der Waals surface area contributed by atoms with E-state index in [9.17, 15) is 0 Å². The van der Waals surface area contributed by atoms with Crippen LogP contribution in [0.25, 0.3) is 0 Å². The molecule has 1 heterocycles. The second kappa shape index (κ2) is 5.08. The van der Waals surface area contributed by atoms with E-state index in [-0.39, 0.29) is 6.61 Å². The minimum Gasteiger partial charge on any atom is -0.396 e. The third kappa shape index (κ3) is 2.58. The van der Waals surface area contributed by atoms with Gasteiger partial charge in [-0.3, -0.25) is 0 Å². The predicted molar refractivity (Wildman–Crippen MR) is 63.5 cm³/mol. The first kappa shape index (κ1) is 11.1. The molecule has 2 rings (SSSR count). The van der Waals surface area contributed by atoms with Crippen LogP contribution < -0.4 is 0 Å². The fraction of sp³-hybridized carbons (Fsp3) is 0.750. The molecule has 0 bridgehead atoms. The number of aliphatic hydroxyl groups excluding tert-OH is 1. The third-order valence-electron chi connectivity index (χ3n) is 3.21. The number of aromatic nitrogens is 1. The summed E-state index contributed by atoms with van der Waals surface area (Å²) in [7, 11) is 0. The van der Waals surface area contributed by atoms with Crippen molar-refractivity contribution in [1.82, 2.24) is 4.98 Å². The first-order chi connectivity index (χ1) is 7.31. The van der Waals surface area contributed by atoms with Gasteiger partial charge >= 0.3 is 0 Å². The highest BCUT2D eigenvalue weighted by Crippen LogP contribution is 2.35. The number of aliphatic hydroxyl groups is 1. The molecule has 84 valence electrons. The van der Waals surface area contributed by atoms with E-state index in [4.69, 9.17) is 5.11 Å². The molecule has 0 radical (unpaired) electrons. The summed E-state index contributed by atoms with van der Waals surface area (Å²) in [5, 5.41) is 10.2. The number of aryl methyl sites for hydroxylation is 1. The highest BCUT2D eigenvalue weighted by atomic mass is 32.1. The topological polar surface area (TPSA) is 33.1 Å². The van der Waals surface area contributed by atoms with Gasteiger partial charge in [0.05, 0.1) is 10.7 Å². The second-order valence-corrected chi connectivity index (χ2v) is 5.60. The van der Waals surface area contributed by atoms with Crippen LogP contribution >= 0.6 is 11.3 Å². The van der Waals surface area contributed by atoms with Crippen molar-refractivity contribution in [3.63, 3.8) is 0 Å². The number of hydrogen-bond donors (Lipinski definition) is 1. The van der Waals surface area contributed by atoms with Crippen LogP contribution in [0.15, 0.2) is 0 Å². The Morgan fingerprint density at radius 3 is 2.73 bits per heavy atom. The molecule has 0 aliphatic heterocycles. The van der Waals surface area contributed by atoms with Gasteiger partial charge in [0.15, 0.2) is 0 Å². The quantitative estimate of drug-likeness (QED) is 0.857. The van der Waals surface area contributed by atoms with E-state index in [1.54, 1.807) is 0 Å². The Labute approximate surface area is 95.4 Å². The zero-order valence-corrected chi connectivity index (χ0v) is 10.1. The molecule has 0 aromatic carbocycles. The van der Waals surface area contributed by atoms with Crippen molar-refractivity contribution in [2.24, 2.45) is 0 Å². The van der Waals surface area contributed by atoms with Gasteiger partial charge in [0.2, 0.25) is 0 Å². The molecule has 1 fully saturated rings. The van der Waals surface area contributed by atoms with E-state index in [2.05, 4.69) is 11.9 Å². The van der Waals surface area contributed by atoms with Crippen LogP contribution in [-0.4, -0.2) is 16.7 Å². The molecule has 1 aliphatic carbocycles. The van der Waals surface area contributed by atoms with Crippen molar-refractivity contribution in [3.05, 3.63) is 15.6 Å². The van der Waals surface area contributed by atoms with Crippen LogP contribution in [0.3, 0.4) is 0 Å². The summed E-state index contributed by atoms with van der Waals surface area (Å²) in [6.45, 7) is 2.34. The molecule has 0 spiro atoms. The molecule has 1 aromatic heterocycles. The minimum absolute atomic E-state index is 0.217. The number of rotatable bonds is 3. The summed E-state index contributed by atoms with van der Waals surface area (Å²) in [5.41, 5.74) is 1.11. The highest BCUT2D eigenvalue weighted by Gasteiger charge is 2.19. The van der Waals surface area contributed by atoms with Gasteiger partial charge in [0, 0.05) is 23.8 Å². The molecule has 0 atom stereocenters. The SMILES string of the molecule is Cc1sc(C2CCCCC2)nc1CCO. The first-order valence-corrected chi connectivity index (χ1v) is 6.70. The van der Waals surface area contributed by atoms with E-state index in [0.29, 0.717) is 5.92 Å². The lowest BCUT2D eigenvalue weighted by molar-refractivity contribution is 0.298. The van der Waals surface area contributed by atoms with Crippen LogP contribution in [-0.2, 0) is 6.42 Å². The maximum atomic E-state index is 8.93. The zero-order chi connectivity index (χ0) is 10.7. The molecule has 15 heavy (non-hydrogen) atoms. The van der Waals surface area contributed by atoms with E-state index in [0.717, 1.165) is 12.1 Å². The summed E-state index contributed by atoms with van der Waals surface area (Å²) in [6, 6.07) is 0. The number of thiazole rings is 1. The molecule has 1 aliphatic rings. The molecule has 0 unspecified atom stereocenters. The largest absolute Gasteiger partial charge is 0.396 e. The molecule has 0 saturated heterocycles. The number of nitrogens with zero attached hydrogens (tertiary/aromatic N) is 1. The van der Waals surface area contributed by atoms with Gasteiger partial charge in [-0.05, 0) is 19.8 Å². The van der Waals surface area contributed by atoms with E-state index >= 15 is 0 Å². The van der Waals surface area contributed by atoms with E-state index in [1.807, 2.05) is 11.3 Å². The van der Waals surface area contributed by atoms with E-state index < -0.39 is 0 Å². The van der Waals surface area contributed by atoms with Crippen LogP contribution in [0, 0.1) is 6.92 Å². The van der Waals surface area contributed by atoms with Crippen molar-refractivity contribution < 1.29 is 5.11 Å². The van der Waals surface area contributed by atoms with Gasteiger partial charge in [-0.25, -0.2) is 4.98 Å². The summed E-state index contributed by atoms with van der Waals surface area (Å²) < 4.78 is 0. The molecule has 3 heteroatoms. The van der Waals surface area contributed by atoms with Gasteiger partial charge in [0.25, 0.3) is 0 Å². The molecule has 1 N–H and O–H groups in total. The summed E-state index contributed by atoms with van der Waals surface area (Å²) in [4.78, 5) is 5.98. The maximum Gasteiger partial charge on any atom is 0.0961 e. The van der Waals surface area contributed by atoms with E-state index in [1.165, 1.54) is 42.0 Å². The van der Waals surface area contributed by atoms with Crippen LogP contribution in [0.4, 0.5) is 0 Å². The zero-order valence-electron chi connectivity index (χ0n) is 9.33. The van der Waals surface area contributed by atoms with Crippen molar-refractivity contribution in [1.29, 1.82) is 0 Å². The van der Waals surface area contributed by atoms with Crippen LogP contribution in [0.2, 0.25) is 0 Å². The van der Waals surface area contributed by atoms with Gasteiger partial charge in [-0.15, -0.1) is 11.3 Å². The minimum atomic E-state index is 0.217. The van der Waals surface area contributed by atoms with Crippen molar-refractivity contribution in [3.8, 4) is 0 Å². The Morgan fingerprint density at radius 2 is 2.07 bits per heavy atom. The molecule has 1 saturated carbocycles. The Balaban J connectivity index is 2.10. The lowest BCUT2D eigenvalue weighted by Gasteiger charge is -2.18. The monoisotopic (exact) mass is 225 g/mol. The third-order valence-corrected chi connectivity index (χ3v) is 4.39.